The van der Waals surface area contributed by atoms with Crippen molar-refractivity contribution < 1.29 is 9.59 Å². The van der Waals surface area contributed by atoms with E-state index in [4.69, 9.17) is 5.73 Å². The molecule has 2 amide bonds. The monoisotopic (exact) mass is 317 g/mol. The molecule has 0 aliphatic carbocycles. The van der Waals surface area contributed by atoms with Gasteiger partial charge in [-0.05, 0) is 31.4 Å². The van der Waals surface area contributed by atoms with Crippen molar-refractivity contribution in [2.75, 3.05) is 13.1 Å². The Labute approximate surface area is 138 Å². The first kappa shape index (κ1) is 17.5. The summed E-state index contributed by atoms with van der Waals surface area (Å²) in [7, 11) is 0. The molecule has 5 nitrogen and oxygen atoms in total. The number of carbonyl (C=O) groups excluding carboxylic acids is 2. The molecular weight excluding hydrogens is 290 g/mol. The van der Waals surface area contributed by atoms with Gasteiger partial charge in [0.25, 0.3) is 5.91 Å². The van der Waals surface area contributed by atoms with Crippen molar-refractivity contribution in [2.45, 2.75) is 51.1 Å². The summed E-state index contributed by atoms with van der Waals surface area (Å²) in [6.07, 6.45) is 4.58. The fourth-order valence-corrected chi connectivity index (χ4v) is 3.03. The third-order valence-electron chi connectivity index (χ3n) is 4.37. The van der Waals surface area contributed by atoms with Crippen LogP contribution in [-0.2, 0) is 4.79 Å². The Balaban J connectivity index is 2.00. The van der Waals surface area contributed by atoms with Gasteiger partial charge in [-0.15, -0.1) is 0 Å². The average Bonchev–Trinajstić information content (AvgIpc) is 3.08. The minimum Gasteiger partial charge on any atom is -0.350 e. The van der Waals surface area contributed by atoms with Crippen LogP contribution in [0.3, 0.4) is 0 Å². The molecule has 0 spiro atoms. The van der Waals surface area contributed by atoms with E-state index in [1.807, 2.05) is 18.2 Å². The number of nitrogens with two attached hydrogens (primary N) is 1. The highest BCUT2D eigenvalue weighted by molar-refractivity contribution is 5.97. The maximum atomic E-state index is 12.6. The molecule has 1 aliphatic heterocycles. The SMILES string of the molecule is CCCCC(CN)NC(=O)C1CCCN1C(=O)c1ccccc1. The lowest BCUT2D eigenvalue weighted by Gasteiger charge is -2.26. The average molecular weight is 317 g/mol. The molecule has 5 heteroatoms. The Morgan fingerprint density at radius 1 is 1.35 bits per heavy atom. The molecule has 126 valence electrons. The second-order valence-corrected chi connectivity index (χ2v) is 6.11. The van der Waals surface area contributed by atoms with E-state index in [1.54, 1.807) is 17.0 Å². The van der Waals surface area contributed by atoms with Crippen LogP contribution < -0.4 is 11.1 Å². The van der Waals surface area contributed by atoms with Gasteiger partial charge in [-0.3, -0.25) is 9.59 Å². The molecule has 2 atom stereocenters. The van der Waals surface area contributed by atoms with Gasteiger partial charge in [-0.2, -0.15) is 0 Å². The summed E-state index contributed by atoms with van der Waals surface area (Å²) in [5.41, 5.74) is 6.38. The Morgan fingerprint density at radius 2 is 2.09 bits per heavy atom. The van der Waals surface area contributed by atoms with Crippen molar-refractivity contribution in [1.82, 2.24) is 10.2 Å². The Hall–Kier alpha value is -1.88. The van der Waals surface area contributed by atoms with Crippen LogP contribution in [0.25, 0.3) is 0 Å². The Kier molecular flexibility index (Phi) is 6.59. The summed E-state index contributed by atoms with van der Waals surface area (Å²) in [6.45, 7) is 3.19. The molecule has 0 saturated carbocycles. The lowest BCUT2D eigenvalue weighted by atomic mass is 10.1. The van der Waals surface area contributed by atoms with Gasteiger partial charge >= 0.3 is 0 Å². The van der Waals surface area contributed by atoms with Gasteiger partial charge in [-0.1, -0.05) is 38.0 Å². The zero-order valence-corrected chi connectivity index (χ0v) is 13.8. The fraction of sp³-hybridized carbons (Fsp3) is 0.556. The third-order valence-corrected chi connectivity index (χ3v) is 4.37. The summed E-state index contributed by atoms with van der Waals surface area (Å²) < 4.78 is 0. The van der Waals surface area contributed by atoms with E-state index >= 15 is 0 Å². The van der Waals surface area contributed by atoms with Crippen LogP contribution in [0.4, 0.5) is 0 Å². The maximum Gasteiger partial charge on any atom is 0.254 e. The molecule has 3 N–H and O–H groups in total. The van der Waals surface area contributed by atoms with Gasteiger partial charge in [0.15, 0.2) is 0 Å². The zero-order chi connectivity index (χ0) is 16.7. The van der Waals surface area contributed by atoms with E-state index in [-0.39, 0.29) is 23.9 Å². The quantitative estimate of drug-likeness (QED) is 0.807. The second-order valence-electron chi connectivity index (χ2n) is 6.11. The molecule has 2 unspecified atom stereocenters. The number of benzene rings is 1. The highest BCUT2D eigenvalue weighted by Crippen LogP contribution is 2.20. The largest absolute Gasteiger partial charge is 0.350 e. The summed E-state index contributed by atoms with van der Waals surface area (Å²) in [6, 6.07) is 8.76. The number of hydrogen-bond donors (Lipinski definition) is 2. The first-order valence-corrected chi connectivity index (χ1v) is 8.53. The van der Waals surface area contributed by atoms with Crippen LogP contribution in [0.15, 0.2) is 30.3 Å². The van der Waals surface area contributed by atoms with E-state index in [0.717, 1.165) is 32.1 Å². The summed E-state index contributed by atoms with van der Waals surface area (Å²) in [5.74, 6) is -0.139. The molecule has 1 heterocycles. The molecular formula is C18H27N3O2. The van der Waals surface area contributed by atoms with E-state index in [0.29, 0.717) is 18.7 Å². The number of nitrogens with zero attached hydrogens (tertiary/aromatic N) is 1. The lowest BCUT2D eigenvalue weighted by molar-refractivity contribution is -0.125. The minimum atomic E-state index is -0.376. The summed E-state index contributed by atoms with van der Waals surface area (Å²) in [4.78, 5) is 26.9. The molecule has 23 heavy (non-hydrogen) atoms. The first-order chi connectivity index (χ1) is 11.2. The van der Waals surface area contributed by atoms with E-state index in [9.17, 15) is 9.59 Å². The number of rotatable bonds is 7. The number of likely N-dealkylation sites (tertiary alicyclic amines) is 1. The van der Waals surface area contributed by atoms with Crippen molar-refractivity contribution in [3.05, 3.63) is 35.9 Å². The van der Waals surface area contributed by atoms with E-state index < -0.39 is 0 Å². The third kappa shape index (κ3) is 4.55. The molecule has 1 aromatic carbocycles. The van der Waals surface area contributed by atoms with Gasteiger partial charge in [-0.25, -0.2) is 0 Å². The van der Waals surface area contributed by atoms with Gasteiger partial charge < -0.3 is 16.0 Å². The van der Waals surface area contributed by atoms with Crippen molar-refractivity contribution in [3.63, 3.8) is 0 Å². The molecule has 0 radical (unpaired) electrons. The molecule has 1 aromatic rings. The zero-order valence-electron chi connectivity index (χ0n) is 13.8. The van der Waals surface area contributed by atoms with Gasteiger partial charge in [0.05, 0.1) is 0 Å². The van der Waals surface area contributed by atoms with Crippen LogP contribution in [0.5, 0.6) is 0 Å². The smallest absolute Gasteiger partial charge is 0.254 e. The standard InChI is InChI=1S/C18H27N3O2/c1-2-3-10-15(13-19)20-17(22)16-11-7-12-21(16)18(23)14-8-5-4-6-9-14/h4-6,8-9,15-16H,2-3,7,10-13,19H2,1H3,(H,20,22). The number of amides is 2. The molecule has 0 bridgehead atoms. The van der Waals surface area contributed by atoms with Crippen molar-refractivity contribution in [1.29, 1.82) is 0 Å². The Morgan fingerprint density at radius 3 is 2.74 bits per heavy atom. The normalized spacial score (nSPS) is 18.7. The first-order valence-electron chi connectivity index (χ1n) is 8.53. The maximum absolute atomic E-state index is 12.6. The highest BCUT2D eigenvalue weighted by Gasteiger charge is 2.35. The van der Waals surface area contributed by atoms with Crippen LogP contribution in [0.2, 0.25) is 0 Å². The molecule has 1 aliphatic rings. The van der Waals surface area contributed by atoms with Crippen LogP contribution in [-0.4, -0.2) is 41.9 Å². The topological polar surface area (TPSA) is 75.4 Å². The van der Waals surface area contributed by atoms with Crippen LogP contribution in [0.1, 0.15) is 49.4 Å². The van der Waals surface area contributed by atoms with Crippen LogP contribution >= 0.6 is 0 Å². The van der Waals surface area contributed by atoms with Crippen LogP contribution in [0, 0.1) is 0 Å². The minimum absolute atomic E-state index is 0.00303. The lowest BCUT2D eigenvalue weighted by Crippen LogP contribution is -2.50. The summed E-state index contributed by atoms with van der Waals surface area (Å²) >= 11 is 0. The molecule has 0 aromatic heterocycles. The van der Waals surface area contributed by atoms with E-state index in [1.165, 1.54) is 0 Å². The highest BCUT2D eigenvalue weighted by atomic mass is 16.2. The van der Waals surface area contributed by atoms with E-state index in [2.05, 4.69) is 12.2 Å². The van der Waals surface area contributed by atoms with Crippen molar-refractivity contribution in [2.24, 2.45) is 5.73 Å². The van der Waals surface area contributed by atoms with Crippen molar-refractivity contribution in [3.8, 4) is 0 Å². The number of nitrogens with one attached hydrogen (secondary N) is 1. The molecule has 2 rings (SSSR count). The summed E-state index contributed by atoms with van der Waals surface area (Å²) in [5, 5.41) is 3.02. The van der Waals surface area contributed by atoms with Gasteiger partial charge in [0, 0.05) is 24.7 Å². The molecule has 1 fully saturated rings. The number of hydrogen-bond acceptors (Lipinski definition) is 3. The predicted octanol–water partition coefficient (Wildman–Crippen LogP) is 1.92. The van der Waals surface area contributed by atoms with Gasteiger partial charge in [0.1, 0.15) is 6.04 Å². The predicted molar refractivity (Wildman–Crippen MR) is 91.0 cm³/mol. The Bertz CT molecular complexity index is 518. The number of carbonyl (C=O) groups is 2. The second kappa shape index (κ2) is 8.67. The van der Waals surface area contributed by atoms with Crippen molar-refractivity contribution >= 4 is 11.8 Å². The fourth-order valence-electron chi connectivity index (χ4n) is 3.03. The number of unbranched alkanes of at least 4 members (excludes halogenated alkanes) is 1. The molecule has 1 saturated heterocycles. The van der Waals surface area contributed by atoms with Gasteiger partial charge in [0.2, 0.25) is 5.91 Å².